The van der Waals surface area contributed by atoms with Crippen LogP contribution < -0.4 is 11.2 Å². The monoisotopic (exact) mass is 376 g/mol. The maximum atomic E-state index is 12.2. The minimum atomic E-state index is -0.292. The van der Waals surface area contributed by atoms with Crippen LogP contribution in [0.25, 0.3) is 11.0 Å². The van der Waals surface area contributed by atoms with E-state index in [2.05, 4.69) is 24.0 Å². The molecule has 1 aromatic carbocycles. The predicted octanol–water partition coefficient (Wildman–Crippen LogP) is 3.19. The molecule has 4 heterocycles. The van der Waals surface area contributed by atoms with E-state index in [0.29, 0.717) is 17.4 Å². The molecule has 5 nitrogen and oxygen atoms in total. The fraction of sp³-hybridized carbons (Fsp3) is 0.391. The molecule has 0 aliphatic carbocycles. The summed E-state index contributed by atoms with van der Waals surface area (Å²) in [7, 11) is 0. The zero-order valence-corrected chi connectivity index (χ0v) is 16.3. The highest BCUT2D eigenvalue weighted by atomic mass is 16.4. The fourth-order valence-electron chi connectivity index (χ4n) is 4.98. The molecule has 2 aliphatic heterocycles. The van der Waals surface area contributed by atoms with Gasteiger partial charge in [-0.15, -0.1) is 0 Å². The van der Waals surface area contributed by atoms with Crippen molar-refractivity contribution in [2.24, 2.45) is 5.92 Å². The van der Waals surface area contributed by atoms with Crippen LogP contribution in [0, 0.1) is 19.8 Å². The van der Waals surface area contributed by atoms with E-state index in [1.54, 1.807) is 12.1 Å². The number of aromatic nitrogens is 1. The predicted molar refractivity (Wildman–Crippen MR) is 109 cm³/mol. The molecule has 0 N–H and O–H groups in total. The molecule has 2 bridgehead atoms. The Morgan fingerprint density at radius 3 is 2.71 bits per heavy atom. The third-order valence-electron chi connectivity index (χ3n) is 6.39. The van der Waals surface area contributed by atoms with E-state index in [4.69, 9.17) is 4.42 Å². The highest BCUT2D eigenvalue weighted by Crippen LogP contribution is 2.36. The lowest BCUT2D eigenvalue weighted by molar-refractivity contribution is 0.114. The molecule has 5 heteroatoms. The largest absolute Gasteiger partial charge is 0.423 e. The highest BCUT2D eigenvalue weighted by Gasteiger charge is 2.34. The molecule has 0 spiro atoms. The van der Waals surface area contributed by atoms with Gasteiger partial charge in [-0.1, -0.05) is 6.07 Å². The van der Waals surface area contributed by atoms with E-state index >= 15 is 0 Å². The van der Waals surface area contributed by atoms with Crippen molar-refractivity contribution in [3.63, 3.8) is 0 Å². The molecule has 0 unspecified atom stereocenters. The van der Waals surface area contributed by atoms with Crippen LogP contribution in [0.3, 0.4) is 0 Å². The first-order valence-corrected chi connectivity index (χ1v) is 9.94. The molecule has 2 aliphatic rings. The lowest BCUT2D eigenvalue weighted by Gasteiger charge is -2.42. The third kappa shape index (κ3) is 2.90. The molecule has 1 saturated heterocycles. The second-order valence-electron chi connectivity index (χ2n) is 8.42. The second kappa shape index (κ2) is 6.45. The van der Waals surface area contributed by atoms with Gasteiger partial charge in [0.25, 0.3) is 5.56 Å². The molecule has 5 rings (SSSR count). The number of piperidine rings is 1. The summed E-state index contributed by atoms with van der Waals surface area (Å²) >= 11 is 0. The van der Waals surface area contributed by atoms with E-state index < -0.39 is 0 Å². The van der Waals surface area contributed by atoms with Gasteiger partial charge < -0.3 is 8.98 Å². The molecule has 2 aromatic heterocycles. The summed E-state index contributed by atoms with van der Waals surface area (Å²) in [6, 6.07) is 11.3. The van der Waals surface area contributed by atoms with Gasteiger partial charge in [0.1, 0.15) is 5.58 Å². The maximum absolute atomic E-state index is 12.2. The van der Waals surface area contributed by atoms with Crippen molar-refractivity contribution in [1.29, 1.82) is 0 Å². The molecule has 2 atom stereocenters. The number of aryl methyl sites for hydroxylation is 2. The lowest BCUT2D eigenvalue weighted by atomic mass is 9.83. The van der Waals surface area contributed by atoms with Crippen molar-refractivity contribution >= 4 is 11.0 Å². The van der Waals surface area contributed by atoms with Crippen LogP contribution in [0.4, 0.5) is 0 Å². The summed E-state index contributed by atoms with van der Waals surface area (Å²) in [6.07, 6.45) is 1.13. The van der Waals surface area contributed by atoms with Crippen LogP contribution in [-0.4, -0.2) is 22.6 Å². The van der Waals surface area contributed by atoms with E-state index in [1.165, 1.54) is 5.56 Å². The number of benzene rings is 1. The lowest BCUT2D eigenvalue weighted by Crippen LogP contribution is -2.46. The number of nitrogens with zero attached hydrogens (tertiary/aromatic N) is 2. The summed E-state index contributed by atoms with van der Waals surface area (Å²) < 4.78 is 7.40. The molecule has 0 saturated carbocycles. The van der Waals surface area contributed by atoms with Crippen LogP contribution in [-0.2, 0) is 13.1 Å². The second-order valence-corrected chi connectivity index (χ2v) is 8.42. The fourth-order valence-corrected chi connectivity index (χ4v) is 4.98. The Bertz CT molecular complexity index is 1190. The van der Waals surface area contributed by atoms with Crippen molar-refractivity contribution < 1.29 is 4.42 Å². The van der Waals surface area contributed by atoms with Crippen LogP contribution in [0.5, 0.6) is 0 Å². The van der Waals surface area contributed by atoms with Crippen molar-refractivity contribution in [3.05, 3.63) is 79.6 Å². The van der Waals surface area contributed by atoms with Crippen LogP contribution in [0.15, 0.2) is 50.4 Å². The zero-order chi connectivity index (χ0) is 19.4. The Kier molecular flexibility index (Phi) is 4.02. The third-order valence-corrected chi connectivity index (χ3v) is 6.39. The van der Waals surface area contributed by atoms with Crippen molar-refractivity contribution in [1.82, 2.24) is 9.47 Å². The molecule has 28 heavy (non-hydrogen) atoms. The Hall–Kier alpha value is -2.66. The van der Waals surface area contributed by atoms with Gasteiger partial charge >= 0.3 is 5.63 Å². The van der Waals surface area contributed by atoms with E-state index in [1.807, 2.05) is 23.6 Å². The molecule has 3 aromatic rings. The number of pyridine rings is 1. The summed E-state index contributed by atoms with van der Waals surface area (Å²) in [5.74, 6) is 0.846. The Morgan fingerprint density at radius 2 is 1.86 bits per heavy atom. The molecule has 0 radical (unpaired) electrons. The summed E-state index contributed by atoms with van der Waals surface area (Å²) in [6.45, 7) is 7.50. The molecule has 144 valence electrons. The molecular formula is C23H24N2O3. The van der Waals surface area contributed by atoms with Gasteiger partial charge in [0.05, 0.1) is 0 Å². The molecule has 1 fully saturated rings. The molecule has 0 amide bonds. The highest BCUT2D eigenvalue weighted by molar-refractivity contribution is 5.81. The minimum Gasteiger partial charge on any atom is -0.423 e. The number of fused-ring (bicyclic) bond motifs is 5. The topological polar surface area (TPSA) is 55.5 Å². The summed E-state index contributed by atoms with van der Waals surface area (Å²) in [5, 5.41) is 1.02. The van der Waals surface area contributed by atoms with E-state index in [0.717, 1.165) is 54.8 Å². The first-order chi connectivity index (χ1) is 13.5. The van der Waals surface area contributed by atoms with Gasteiger partial charge in [0.2, 0.25) is 0 Å². The average molecular weight is 376 g/mol. The van der Waals surface area contributed by atoms with Gasteiger partial charge in [-0.2, -0.15) is 0 Å². The van der Waals surface area contributed by atoms with Crippen LogP contribution in [0.1, 0.15) is 34.7 Å². The first kappa shape index (κ1) is 17.4. The van der Waals surface area contributed by atoms with Crippen molar-refractivity contribution in [2.45, 2.75) is 39.3 Å². The molecular weight excluding hydrogens is 352 g/mol. The van der Waals surface area contributed by atoms with Gasteiger partial charge in [-0.05, 0) is 61.1 Å². The maximum Gasteiger partial charge on any atom is 0.336 e. The number of rotatable bonds is 2. The van der Waals surface area contributed by atoms with Gasteiger partial charge in [-0.25, -0.2) is 4.79 Å². The van der Waals surface area contributed by atoms with Crippen molar-refractivity contribution in [3.8, 4) is 0 Å². The number of hydrogen-bond acceptors (Lipinski definition) is 4. The van der Waals surface area contributed by atoms with Crippen LogP contribution >= 0.6 is 0 Å². The van der Waals surface area contributed by atoms with Gasteiger partial charge in [0.15, 0.2) is 0 Å². The van der Waals surface area contributed by atoms with Gasteiger partial charge in [0, 0.05) is 55.3 Å². The van der Waals surface area contributed by atoms with Crippen molar-refractivity contribution in [2.75, 3.05) is 13.1 Å². The Labute approximate surface area is 163 Å². The summed E-state index contributed by atoms with van der Waals surface area (Å²) in [5.41, 5.74) is 4.99. The number of likely N-dealkylation sites (tertiary alicyclic amines) is 1. The smallest absolute Gasteiger partial charge is 0.336 e. The van der Waals surface area contributed by atoms with E-state index in [-0.39, 0.29) is 11.2 Å². The minimum absolute atomic E-state index is 0.109. The summed E-state index contributed by atoms with van der Waals surface area (Å²) in [4.78, 5) is 26.8. The standard InChI is InChI=1S/C23H24N2O3/c1-14-6-19-17(9-23(27)28-21(19)7-15(14)2)12-24-10-16-8-18(13-24)20-4-3-5-22(26)25(20)11-16/h3-7,9,16,18H,8,10-13H2,1-2H3/t16-,18+/m1/s1. The number of hydrogen-bond donors (Lipinski definition) is 0. The van der Waals surface area contributed by atoms with Crippen LogP contribution in [0.2, 0.25) is 0 Å². The quantitative estimate of drug-likeness (QED) is 0.645. The zero-order valence-electron chi connectivity index (χ0n) is 16.3. The Balaban J connectivity index is 1.49. The average Bonchev–Trinajstić information content (AvgIpc) is 2.64. The Morgan fingerprint density at radius 1 is 1.04 bits per heavy atom. The SMILES string of the molecule is Cc1cc2oc(=O)cc(CN3C[C@H]4C[C@@H](C3)c3cccc(=O)n3C4)c2cc1C. The van der Waals surface area contributed by atoms with Gasteiger partial charge in [-0.3, -0.25) is 9.69 Å². The normalized spacial score (nSPS) is 21.6. The first-order valence-electron chi connectivity index (χ1n) is 9.94. The van der Waals surface area contributed by atoms with E-state index in [9.17, 15) is 9.59 Å².